The fourth-order valence-electron chi connectivity index (χ4n) is 1.75. The lowest BCUT2D eigenvalue weighted by molar-refractivity contribution is -0.387. The van der Waals surface area contributed by atoms with Crippen molar-refractivity contribution in [3.05, 3.63) is 63.1 Å². The van der Waals surface area contributed by atoms with Gasteiger partial charge in [0.15, 0.2) is 4.90 Å². The average molecular weight is 324 g/mol. The Hall–Kier alpha value is -2.59. The molecule has 10 heteroatoms. The Morgan fingerprint density at radius 1 is 1.23 bits per heavy atom. The average Bonchev–Trinajstić information content (AvgIpc) is 2.49. The zero-order valence-electron chi connectivity index (χ0n) is 11.2. The third-order valence-corrected chi connectivity index (χ3v) is 4.26. The van der Waals surface area contributed by atoms with Gasteiger partial charge >= 0.3 is 0 Å². The third-order valence-electron chi connectivity index (χ3n) is 2.75. The number of sulfonamides is 1. The molecule has 0 saturated carbocycles. The number of benzene rings is 1. The van der Waals surface area contributed by atoms with E-state index in [0.717, 1.165) is 16.8 Å². The number of aromatic nitrogens is 2. The van der Waals surface area contributed by atoms with Crippen molar-refractivity contribution in [3.63, 3.8) is 0 Å². The SMILES string of the molecule is O=c1cccnn1CCNS(=O)(=O)c1ccccc1[N+](=O)[O-]. The summed E-state index contributed by atoms with van der Waals surface area (Å²) in [6, 6.07) is 7.79. The molecule has 1 N–H and O–H groups in total. The fourth-order valence-corrected chi connectivity index (χ4v) is 2.95. The van der Waals surface area contributed by atoms with Gasteiger partial charge in [-0.2, -0.15) is 5.10 Å². The van der Waals surface area contributed by atoms with E-state index in [1.54, 1.807) is 0 Å². The van der Waals surface area contributed by atoms with E-state index in [0.29, 0.717) is 0 Å². The first-order valence-electron chi connectivity index (χ1n) is 6.17. The van der Waals surface area contributed by atoms with Gasteiger partial charge in [-0.05, 0) is 12.1 Å². The molecule has 1 aromatic heterocycles. The number of para-hydroxylation sites is 1. The highest BCUT2D eigenvalue weighted by Gasteiger charge is 2.24. The first-order chi connectivity index (χ1) is 10.4. The van der Waals surface area contributed by atoms with E-state index in [-0.39, 0.29) is 18.6 Å². The maximum atomic E-state index is 12.1. The molecule has 1 aromatic carbocycles. The van der Waals surface area contributed by atoms with Gasteiger partial charge < -0.3 is 0 Å². The molecular weight excluding hydrogens is 312 g/mol. The van der Waals surface area contributed by atoms with Gasteiger partial charge in [0.2, 0.25) is 10.0 Å². The summed E-state index contributed by atoms with van der Waals surface area (Å²) in [5.74, 6) is 0. The van der Waals surface area contributed by atoms with Gasteiger partial charge in [-0.15, -0.1) is 0 Å². The van der Waals surface area contributed by atoms with Crippen LogP contribution in [0.4, 0.5) is 5.69 Å². The third kappa shape index (κ3) is 3.54. The van der Waals surface area contributed by atoms with Crippen molar-refractivity contribution in [2.75, 3.05) is 6.54 Å². The number of nitrogens with one attached hydrogen (secondary N) is 1. The highest BCUT2D eigenvalue weighted by atomic mass is 32.2. The molecule has 1 heterocycles. The van der Waals surface area contributed by atoms with Gasteiger partial charge in [-0.25, -0.2) is 17.8 Å². The second-order valence-corrected chi connectivity index (χ2v) is 5.94. The molecule has 0 aliphatic heterocycles. The number of nitro benzene ring substituents is 1. The van der Waals surface area contributed by atoms with Crippen LogP contribution in [-0.4, -0.2) is 29.7 Å². The van der Waals surface area contributed by atoms with Crippen LogP contribution in [0.25, 0.3) is 0 Å². The van der Waals surface area contributed by atoms with Crippen molar-refractivity contribution in [3.8, 4) is 0 Å². The highest BCUT2D eigenvalue weighted by molar-refractivity contribution is 7.89. The molecule has 0 saturated heterocycles. The predicted molar refractivity (Wildman–Crippen MR) is 76.8 cm³/mol. The molecule has 0 amide bonds. The molecule has 2 rings (SSSR count). The monoisotopic (exact) mass is 324 g/mol. The van der Waals surface area contributed by atoms with Crippen LogP contribution < -0.4 is 10.3 Å². The maximum Gasteiger partial charge on any atom is 0.289 e. The summed E-state index contributed by atoms with van der Waals surface area (Å²) in [6.07, 6.45) is 1.40. The van der Waals surface area contributed by atoms with Crippen LogP contribution in [0.2, 0.25) is 0 Å². The van der Waals surface area contributed by atoms with Gasteiger partial charge in [-0.3, -0.25) is 14.9 Å². The standard InChI is InChI=1S/C12H12N4O5S/c17-12-6-3-7-13-15(12)9-8-14-22(20,21)11-5-2-1-4-10(11)16(18)19/h1-7,14H,8-9H2. The van der Waals surface area contributed by atoms with Gasteiger partial charge in [0.25, 0.3) is 11.2 Å². The number of nitrogens with zero attached hydrogens (tertiary/aromatic N) is 3. The lowest BCUT2D eigenvalue weighted by atomic mass is 10.3. The first kappa shape index (κ1) is 15.8. The van der Waals surface area contributed by atoms with E-state index < -0.39 is 25.5 Å². The van der Waals surface area contributed by atoms with Gasteiger partial charge in [0, 0.05) is 24.9 Å². The van der Waals surface area contributed by atoms with Gasteiger partial charge in [0.1, 0.15) is 0 Å². The zero-order chi connectivity index (χ0) is 16.2. The van der Waals surface area contributed by atoms with Crippen molar-refractivity contribution < 1.29 is 13.3 Å². The molecule has 0 radical (unpaired) electrons. The Kier molecular flexibility index (Phi) is 4.63. The minimum Gasteiger partial charge on any atom is -0.268 e. The van der Waals surface area contributed by atoms with Crippen molar-refractivity contribution >= 4 is 15.7 Å². The normalized spacial score (nSPS) is 11.3. The van der Waals surface area contributed by atoms with Crippen LogP contribution in [0.15, 0.2) is 52.3 Å². The fraction of sp³-hybridized carbons (Fsp3) is 0.167. The molecule has 0 aliphatic rings. The Morgan fingerprint density at radius 2 is 1.95 bits per heavy atom. The number of hydrogen-bond acceptors (Lipinski definition) is 6. The second kappa shape index (κ2) is 6.45. The molecule has 0 aliphatic carbocycles. The van der Waals surface area contributed by atoms with E-state index >= 15 is 0 Å². The van der Waals surface area contributed by atoms with Crippen molar-refractivity contribution in [1.29, 1.82) is 0 Å². The summed E-state index contributed by atoms with van der Waals surface area (Å²) in [5.41, 5.74) is -0.877. The molecule has 22 heavy (non-hydrogen) atoms. The van der Waals surface area contributed by atoms with Gasteiger partial charge in [0.05, 0.1) is 11.5 Å². The molecule has 0 spiro atoms. The summed E-state index contributed by atoms with van der Waals surface area (Å²) in [5, 5.41) is 14.6. The van der Waals surface area contributed by atoms with Crippen molar-refractivity contribution in [2.24, 2.45) is 0 Å². The highest BCUT2D eigenvalue weighted by Crippen LogP contribution is 2.22. The largest absolute Gasteiger partial charge is 0.289 e. The van der Waals surface area contributed by atoms with E-state index in [1.807, 2.05) is 0 Å². The van der Waals surface area contributed by atoms with Crippen LogP contribution in [0.1, 0.15) is 0 Å². The minimum absolute atomic E-state index is 0.0134. The Balaban J connectivity index is 2.14. The molecule has 116 valence electrons. The number of hydrogen-bond donors (Lipinski definition) is 1. The van der Waals surface area contributed by atoms with Crippen LogP contribution in [0.5, 0.6) is 0 Å². The maximum absolute atomic E-state index is 12.1. The lowest BCUT2D eigenvalue weighted by Crippen LogP contribution is -2.31. The molecule has 0 bridgehead atoms. The summed E-state index contributed by atoms with van der Waals surface area (Å²) >= 11 is 0. The molecule has 9 nitrogen and oxygen atoms in total. The van der Waals surface area contributed by atoms with Crippen LogP contribution >= 0.6 is 0 Å². The summed E-state index contributed by atoms with van der Waals surface area (Å²) in [4.78, 5) is 21.1. The van der Waals surface area contributed by atoms with Gasteiger partial charge in [-0.1, -0.05) is 12.1 Å². The predicted octanol–water partition coefficient (Wildman–Crippen LogP) is 0.130. The minimum atomic E-state index is -4.05. The topological polar surface area (TPSA) is 124 Å². The number of rotatable bonds is 6. The van der Waals surface area contributed by atoms with Crippen LogP contribution in [0.3, 0.4) is 0 Å². The van der Waals surface area contributed by atoms with E-state index in [4.69, 9.17) is 0 Å². The van der Waals surface area contributed by atoms with Crippen molar-refractivity contribution in [1.82, 2.24) is 14.5 Å². The second-order valence-electron chi connectivity index (χ2n) is 4.21. The zero-order valence-corrected chi connectivity index (χ0v) is 12.1. The molecule has 0 unspecified atom stereocenters. The Bertz CT molecular complexity index is 846. The molecule has 0 atom stereocenters. The Morgan fingerprint density at radius 3 is 2.64 bits per heavy atom. The van der Waals surface area contributed by atoms with E-state index in [9.17, 15) is 23.3 Å². The van der Waals surface area contributed by atoms with Crippen LogP contribution in [0, 0.1) is 10.1 Å². The summed E-state index contributed by atoms with van der Waals surface area (Å²) in [6.45, 7) is -0.106. The van der Waals surface area contributed by atoms with Crippen molar-refractivity contribution in [2.45, 2.75) is 11.4 Å². The smallest absolute Gasteiger partial charge is 0.268 e. The molecular formula is C12H12N4O5S. The number of nitro groups is 1. The molecule has 2 aromatic rings. The lowest BCUT2D eigenvalue weighted by Gasteiger charge is -2.07. The molecule has 0 fully saturated rings. The van der Waals surface area contributed by atoms with E-state index in [2.05, 4.69) is 9.82 Å². The first-order valence-corrected chi connectivity index (χ1v) is 7.65. The summed E-state index contributed by atoms with van der Waals surface area (Å²) < 4.78 is 27.5. The van der Waals surface area contributed by atoms with E-state index in [1.165, 1.54) is 30.5 Å². The summed E-state index contributed by atoms with van der Waals surface area (Å²) in [7, 11) is -4.05. The Labute approximate surface area is 125 Å². The van der Waals surface area contributed by atoms with Crippen LogP contribution in [-0.2, 0) is 16.6 Å². The quantitative estimate of drug-likeness (QED) is 0.595.